The highest BCUT2D eigenvalue weighted by molar-refractivity contribution is 5.66. The molecule has 2 heteroatoms. The molecule has 0 aliphatic carbocycles. The standard InChI is InChI=1S/C22H34O2/c1-2-3-4-5-6-7-8-9-10-11-12-13-14-15-16-17-18-19-20-21-22(23)24/h6-7,9-10,12-13,15-16,18-19H,2-5,8,11,14,17,20-21H2,1H3,(H,23,24)/b7-6-,10-9+,13-12-,16-15-,19-18+. The van der Waals surface area contributed by atoms with Gasteiger partial charge < -0.3 is 5.11 Å². The molecule has 0 atom stereocenters. The lowest BCUT2D eigenvalue weighted by atomic mass is 10.2. The Morgan fingerprint density at radius 2 is 1.08 bits per heavy atom. The number of aliphatic carboxylic acids is 1. The Hall–Kier alpha value is -1.83. The van der Waals surface area contributed by atoms with Crippen LogP contribution in [0, 0.1) is 0 Å². The molecule has 0 aromatic rings. The van der Waals surface area contributed by atoms with Crippen LogP contribution in [-0.4, -0.2) is 11.1 Å². The highest BCUT2D eigenvalue weighted by Crippen LogP contribution is 2.01. The van der Waals surface area contributed by atoms with Gasteiger partial charge in [-0.25, -0.2) is 0 Å². The molecular weight excluding hydrogens is 296 g/mol. The van der Waals surface area contributed by atoms with Gasteiger partial charge in [0.15, 0.2) is 0 Å². The number of unbranched alkanes of at least 4 members (excludes halogenated alkanes) is 3. The largest absolute Gasteiger partial charge is 0.481 e. The van der Waals surface area contributed by atoms with Crippen molar-refractivity contribution < 1.29 is 9.90 Å². The maximum atomic E-state index is 10.3. The normalized spacial score (nSPS) is 12.7. The van der Waals surface area contributed by atoms with Gasteiger partial charge in [-0.05, 0) is 44.9 Å². The van der Waals surface area contributed by atoms with E-state index in [0.717, 1.165) is 25.7 Å². The number of rotatable bonds is 15. The topological polar surface area (TPSA) is 37.3 Å². The lowest BCUT2D eigenvalue weighted by molar-refractivity contribution is -0.136. The third-order valence-electron chi connectivity index (χ3n) is 3.42. The molecule has 0 radical (unpaired) electrons. The Labute approximate surface area is 148 Å². The minimum Gasteiger partial charge on any atom is -0.481 e. The summed E-state index contributed by atoms with van der Waals surface area (Å²) in [5, 5.41) is 8.49. The third-order valence-corrected chi connectivity index (χ3v) is 3.42. The van der Waals surface area contributed by atoms with Crippen LogP contribution >= 0.6 is 0 Å². The van der Waals surface area contributed by atoms with Crippen molar-refractivity contribution in [2.24, 2.45) is 0 Å². The highest BCUT2D eigenvalue weighted by Gasteiger charge is 1.90. The molecule has 1 N–H and O–H groups in total. The Kier molecular flexibility index (Phi) is 17.8. The summed E-state index contributed by atoms with van der Waals surface area (Å²) in [6, 6.07) is 0. The van der Waals surface area contributed by atoms with Crippen molar-refractivity contribution in [2.75, 3.05) is 0 Å². The van der Waals surface area contributed by atoms with Crippen LogP contribution in [0.1, 0.15) is 71.1 Å². The fourth-order valence-electron chi connectivity index (χ4n) is 2.04. The van der Waals surface area contributed by atoms with Gasteiger partial charge in [-0.1, -0.05) is 80.5 Å². The SMILES string of the molecule is CCCCC/C=C\C/C=C/C/C=C\C/C=C\C/C=C/CCC(=O)O. The van der Waals surface area contributed by atoms with Crippen LogP contribution in [0.3, 0.4) is 0 Å². The molecule has 0 aromatic carbocycles. The minimum absolute atomic E-state index is 0.213. The molecule has 0 spiro atoms. The summed E-state index contributed by atoms with van der Waals surface area (Å²) in [5.41, 5.74) is 0. The molecule has 0 unspecified atom stereocenters. The van der Waals surface area contributed by atoms with Crippen LogP contribution in [-0.2, 0) is 4.79 Å². The highest BCUT2D eigenvalue weighted by atomic mass is 16.4. The lowest BCUT2D eigenvalue weighted by Gasteiger charge is -1.90. The predicted molar refractivity (Wildman–Crippen MR) is 105 cm³/mol. The van der Waals surface area contributed by atoms with Gasteiger partial charge in [0, 0.05) is 6.42 Å². The van der Waals surface area contributed by atoms with Gasteiger partial charge in [0.2, 0.25) is 0 Å². The molecule has 0 saturated heterocycles. The molecule has 24 heavy (non-hydrogen) atoms. The molecule has 0 aliphatic heterocycles. The Morgan fingerprint density at radius 1 is 0.667 bits per heavy atom. The van der Waals surface area contributed by atoms with Gasteiger partial charge in [-0.2, -0.15) is 0 Å². The number of hydrogen-bond donors (Lipinski definition) is 1. The van der Waals surface area contributed by atoms with E-state index in [2.05, 4.69) is 55.5 Å². The summed E-state index contributed by atoms with van der Waals surface area (Å²) in [4.78, 5) is 10.3. The van der Waals surface area contributed by atoms with E-state index >= 15 is 0 Å². The van der Waals surface area contributed by atoms with Gasteiger partial charge in [0.1, 0.15) is 0 Å². The van der Waals surface area contributed by atoms with Gasteiger partial charge in [-0.15, -0.1) is 0 Å². The van der Waals surface area contributed by atoms with Crippen LogP contribution in [0.2, 0.25) is 0 Å². The first-order valence-corrected chi connectivity index (χ1v) is 9.24. The maximum absolute atomic E-state index is 10.3. The monoisotopic (exact) mass is 330 g/mol. The number of hydrogen-bond acceptors (Lipinski definition) is 1. The van der Waals surface area contributed by atoms with Crippen LogP contribution in [0.25, 0.3) is 0 Å². The molecule has 0 amide bonds. The van der Waals surface area contributed by atoms with E-state index < -0.39 is 5.97 Å². The van der Waals surface area contributed by atoms with Gasteiger partial charge in [0.25, 0.3) is 0 Å². The predicted octanol–water partition coefficient (Wildman–Crippen LogP) is 6.77. The van der Waals surface area contributed by atoms with E-state index in [0.29, 0.717) is 6.42 Å². The minimum atomic E-state index is -0.739. The van der Waals surface area contributed by atoms with Crippen LogP contribution in [0.15, 0.2) is 60.8 Å². The Morgan fingerprint density at radius 3 is 1.50 bits per heavy atom. The van der Waals surface area contributed by atoms with E-state index in [1.54, 1.807) is 0 Å². The zero-order valence-corrected chi connectivity index (χ0v) is 15.2. The summed E-state index contributed by atoms with van der Waals surface area (Å²) < 4.78 is 0. The number of carboxylic acid groups (broad SMARTS) is 1. The molecule has 0 fully saturated rings. The number of allylic oxidation sites excluding steroid dienone is 10. The first-order valence-electron chi connectivity index (χ1n) is 9.24. The van der Waals surface area contributed by atoms with Gasteiger partial charge >= 0.3 is 5.97 Å². The first-order chi connectivity index (χ1) is 11.8. The van der Waals surface area contributed by atoms with Crippen molar-refractivity contribution in [3.63, 3.8) is 0 Å². The Balaban J connectivity index is 3.46. The summed E-state index contributed by atoms with van der Waals surface area (Å²) in [5.74, 6) is -0.739. The van der Waals surface area contributed by atoms with Crippen molar-refractivity contribution in [3.8, 4) is 0 Å². The lowest BCUT2D eigenvalue weighted by Crippen LogP contribution is -1.91. The molecule has 0 bridgehead atoms. The van der Waals surface area contributed by atoms with Crippen LogP contribution in [0.4, 0.5) is 0 Å². The van der Waals surface area contributed by atoms with E-state index in [-0.39, 0.29) is 6.42 Å². The zero-order valence-electron chi connectivity index (χ0n) is 15.2. The summed E-state index contributed by atoms with van der Waals surface area (Å²) in [6.45, 7) is 2.23. The quantitative estimate of drug-likeness (QED) is 0.265. The molecular formula is C22H34O2. The average molecular weight is 331 g/mol. The second-order valence-corrected chi connectivity index (χ2v) is 5.73. The Bertz CT molecular complexity index is 425. The molecule has 134 valence electrons. The van der Waals surface area contributed by atoms with E-state index in [4.69, 9.17) is 5.11 Å². The van der Waals surface area contributed by atoms with Gasteiger partial charge in [0.05, 0.1) is 0 Å². The molecule has 0 aromatic heterocycles. The summed E-state index contributed by atoms with van der Waals surface area (Å²) in [7, 11) is 0. The molecule has 0 aliphatic rings. The van der Waals surface area contributed by atoms with Crippen LogP contribution < -0.4 is 0 Å². The van der Waals surface area contributed by atoms with Crippen molar-refractivity contribution in [1.29, 1.82) is 0 Å². The fourth-order valence-corrected chi connectivity index (χ4v) is 2.04. The molecule has 0 saturated carbocycles. The van der Waals surface area contributed by atoms with Crippen molar-refractivity contribution in [2.45, 2.75) is 71.1 Å². The molecule has 0 heterocycles. The number of carbonyl (C=O) groups is 1. The maximum Gasteiger partial charge on any atom is 0.303 e. The molecule has 0 rings (SSSR count). The van der Waals surface area contributed by atoms with Gasteiger partial charge in [-0.3, -0.25) is 4.79 Å². The number of carboxylic acids is 1. The zero-order chi connectivity index (χ0) is 17.7. The second-order valence-electron chi connectivity index (χ2n) is 5.73. The van der Waals surface area contributed by atoms with Crippen molar-refractivity contribution in [3.05, 3.63) is 60.8 Å². The first kappa shape index (κ1) is 22.2. The third kappa shape index (κ3) is 20.2. The van der Waals surface area contributed by atoms with Crippen LogP contribution in [0.5, 0.6) is 0 Å². The van der Waals surface area contributed by atoms with Crippen molar-refractivity contribution in [1.82, 2.24) is 0 Å². The van der Waals surface area contributed by atoms with E-state index in [9.17, 15) is 4.79 Å². The summed E-state index contributed by atoms with van der Waals surface area (Å²) in [6.07, 6.45) is 31.4. The van der Waals surface area contributed by atoms with E-state index in [1.165, 1.54) is 25.7 Å². The van der Waals surface area contributed by atoms with E-state index in [1.807, 2.05) is 12.2 Å². The molecule has 2 nitrogen and oxygen atoms in total. The summed E-state index contributed by atoms with van der Waals surface area (Å²) >= 11 is 0. The van der Waals surface area contributed by atoms with Crippen molar-refractivity contribution >= 4 is 5.97 Å². The average Bonchev–Trinajstić information content (AvgIpc) is 2.56. The fraction of sp³-hybridized carbons (Fsp3) is 0.500. The second kappa shape index (κ2) is 19.2. The smallest absolute Gasteiger partial charge is 0.303 e.